The summed E-state index contributed by atoms with van der Waals surface area (Å²) in [6, 6.07) is 1.64. The highest BCUT2D eigenvalue weighted by molar-refractivity contribution is 6.05. The van der Waals surface area contributed by atoms with Crippen molar-refractivity contribution in [3.63, 3.8) is 0 Å². The number of hydrogen-bond donors (Lipinski definition) is 1. The smallest absolute Gasteiger partial charge is 0.303 e. The highest BCUT2D eigenvalue weighted by Crippen LogP contribution is 2.58. The van der Waals surface area contributed by atoms with Crippen LogP contribution in [-0.2, 0) is 12.6 Å². The minimum absolute atomic E-state index is 0.138. The van der Waals surface area contributed by atoms with Crippen LogP contribution in [0.2, 0.25) is 0 Å². The number of carbonyl (C=O) groups is 1. The Labute approximate surface area is 155 Å². The molecule has 0 spiro atoms. The Kier molecular flexibility index (Phi) is 3.44. The second-order valence-electron chi connectivity index (χ2n) is 8.54. The van der Waals surface area contributed by atoms with Gasteiger partial charge in [-0.15, -0.1) is 0 Å². The van der Waals surface area contributed by atoms with E-state index in [1.807, 2.05) is 0 Å². The van der Waals surface area contributed by atoms with E-state index in [0.29, 0.717) is 23.6 Å². The van der Waals surface area contributed by atoms with Gasteiger partial charge in [-0.3, -0.25) is 24.3 Å². The Hall–Kier alpha value is -2.71. The van der Waals surface area contributed by atoms with Gasteiger partial charge in [0.1, 0.15) is 6.20 Å². The predicted molar refractivity (Wildman–Crippen MR) is 96.2 cm³/mol. The molecule has 4 saturated carbocycles. The van der Waals surface area contributed by atoms with Crippen LogP contribution in [0.4, 0.5) is 11.5 Å². The molecule has 0 atom stereocenters. The van der Waals surface area contributed by atoms with Crippen molar-refractivity contribution in [3.8, 4) is 0 Å². The van der Waals surface area contributed by atoms with E-state index in [0.717, 1.165) is 19.3 Å². The van der Waals surface area contributed by atoms with Crippen LogP contribution in [0.25, 0.3) is 0 Å². The molecule has 6 rings (SSSR count). The molecule has 0 aromatic carbocycles. The first kappa shape index (κ1) is 16.5. The van der Waals surface area contributed by atoms with Crippen LogP contribution in [-0.4, -0.2) is 30.4 Å². The van der Waals surface area contributed by atoms with E-state index in [-0.39, 0.29) is 16.9 Å². The van der Waals surface area contributed by atoms with Gasteiger partial charge in [0.25, 0.3) is 5.91 Å². The van der Waals surface area contributed by atoms with E-state index >= 15 is 0 Å². The zero-order valence-electron chi connectivity index (χ0n) is 15.2. The van der Waals surface area contributed by atoms with Gasteiger partial charge in [-0.2, -0.15) is 10.2 Å². The fourth-order valence-corrected chi connectivity index (χ4v) is 5.91. The Morgan fingerprint density at radius 3 is 2.37 bits per heavy atom. The van der Waals surface area contributed by atoms with Crippen molar-refractivity contribution in [1.29, 1.82) is 0 Å². The van der Waals surface area contributed by atoms with Crippen LogP contribution in [0, 0.1) is 27.9 Å². The van der Waals surface area contributed by atoms with Crippen LogP contribution < -0.4 is 5.32 Å². The maximum absolute atomic E-state index is 12.6. The minimum Gasteiger partial charge on any atom is -0.303 e. The van der Waals surface area contributed by atoms with Gasteiger partial charge in [0.15, 0.2) is 5.82 Å². The maximum Gasteiger partial charge on any atom is 0.320 e. The highest BCUT2D eigenvalue weighted by Gasteiger charge is 2.53. The molecular formula is C18H22N6O3. The number of hydrogen-bond acceptors (Lipinski definition) is 5. The van der Waals surface area contributed by atoms with Crippen LogP contribution in [0.3, 0.4) is 0 Å². The van der Waals surface area contributed by atoms with Gasteiger partial charge >= 0.3 is 5.69 Å². The number of aryl methyl sites for hydroxylation is 1. The second kappa shape index (κ2) is 5.64. The van der Waals surface area contributed by atoms with Gasteiger partial charge in [-0.05, 0) is 56.3 Å². The van der Waals surface area contributed by atoms with Gasteiger partial charge < -0.3 is 5.32 Å². The molecule has 4 fully saturated rings. The first-order chi connectivity index (χ1) is 12.9. The molecule has 9 heteroatoms. The van der Waals surface area contributed by atoms with Crippen molar-refractivity contribution in [2.75, 3.05) is 5.32 Å². The van der Waals surface area contributed by atoms with Crippen LogP contribution >= 0.6 is 0 Å². The number of nitrogens with one attached hydrogen (secondary N) is 1. The average Bonchev–Trinajstić information content (AvgIpc) is 3.20. The van der Waals surface area contributed by atoms with Gasteiger partial charge in [0.05, 0.1) is 10.5 Å². The molecule has 0 unspecified atom stereocenters. The van der Waals surface area contributed by atoms with Gasteiger partial charge in [-0.25, -0.2) is 0 Å². The third-order valence-electron chi connectivity index (χ3n) is 6.55. The summed E-state index contributed by atoms with van der Waals surface area (Å²) in [5.41, 5.74) is -0.538. The van der Waals surface area contributed by atoms with Gasteiger partial charge in [0, 0.05) is 19.3 Å². The number of amides is 1. The Bertz CT molecular complexity index is 894. The van der Waals surface area contributed by atoms with Crippen molar-refractivity contribution in [2.24, 2.45) is 24.8 Å². The third-order valence-corrected chi connectivity index (χ3v) is 6.55. The Balaban J connectivity index is 1.49. The molecule has 142 valence electrons. The molecule has 2 aromatic rings. The molecule has 1 N–H and O–H groups in total. The molecule has 1 amide bonds. The zero-order valence-corrected chi connectivity index (χ0v) is 15.2. The largest absolute Gasteiger partial charge is 0.320 e. The number of nitro groups is 1. The summed E-state index contributed by atoms with van der Waals surface area (Å²) in [6.45, 7) is 0. The molecule has 2 heterocycles. The summed E-state index contributed by atoms with van der Waals surface area (Å²) in [6.07, 6.45) is 10.0. The summed E-state index contributed by atoms with van der Waals surface area (Å²) < 4.78 is 3.31. The monoisotopic (exact) mass is 370 g/mol. The lowest BCUT2D eigenvalue weighted by molar-refractivity contribution is -0.385. The lowest BCUT2D eigenvalue weighted by atomic mass is 9.53. The third kappa shape index (κ3) is 2.64. The fourth-order valence-electron chi connectivity index (χ4n) is 5.91. The Morgan fingerprint density at radius 2 is 1.85 bits per heavy atom. The molecule has 4 aliphatic rings. The molecule has 9 nitrogen and oxygen atoms in total. The van der Waals surface area contributed by atoms with E-state index < -0.39 is 10.8 Å². The summed E-state index contributed by atoms with van der Waals surface area (Å²) in [5.74, 6) is 1.81. The molecule has 4 aliphatic carbocycles. The quantitative estimate of drug-likeness (QED) is 0.657. The first-order valence-corrected chi connectivity index (χ1v) is 9.47. The standard InChI is InChI=1S/C18H22N6O3/c1-22-3-2-15(20-22)19-17(25)16-14(24(26)27)10-23(21-16)18-7-11-4-12(8-18)6-13(5-11)9-18/h2-3,10-13H,4-9H2,1H3,(H,19,20,25). The molecule has 4 bridgehead atoms. The topological polar surface area (TPSA) is 108 Å². The molecule has 27 heavy (non-hydrogen) atoms. The van der Waals surface area contributed by atoms with Gasteiger partial charge in [0.2, 0.25) is 5.69 Å². The minimum atomic E-state index is -0.594. The molecule has 0 radical (unpaired) electrons. The van der Waals surface area contributed by atoms with Crippen LogP contribution in [0.15, 0.2) is 18.5 Å². The normalized spacial score (nSPS) is 31.2. The maximum atomic E-state index is 12.6. The van der Waals surface area contributed by atoms with E-state index in [1.54, 1.807) is 28.7 Å². The van der Waals surface area contributed by atoms with Crippen molar-refractivity contribution >= 4 is 17.4 Å². The van der Waals surface area contributed by atoms with E-state index in [9.17, 15) is 14.9 Å². The van der Waals surface area contributed by atoms with E-state index in [1.165, 1.54) is 25.5 Å². The summed E-state index contributed by atoms with van der Waals surface area (Å²) in [7, 11) is 1.74. The zero-order chi connectivity index (χ0) is 18.8. The summed E-state index contributed by atoms with van der Waals surface area (Å²) in [4.78, 5) is 23.7. The molecule has 2 aromatic heterocycles. The van der Waals surface area contributed by atoms with Crippen molar-refractivity contribution in [1.82, 2.24) is 19.6 Å². The fraction of sp³-hybridized carbons (Fsp3) is 0.611. The van der Waals surface area contributed by atoms with Crippen LogP contribution in [0.1, 0.15) is 49.0 Å². The number of aromatic nitrogens is 4. The number of rotatable bonds is 4. The summed E-state index contributed by atoms with van der Waals surface area (Å²) in [5, 5.41) is 22.7. The lowest BCUT2D eigenvalue weighted by Crippen LogP contribution is -2.52. The Morgan fingerprint density at radius 1 is 1.22 bits per heavy atom. The average molecular weight is 370 g/mol. The van der Waals surface area contributed by atoms with Gasteiger partial charge in [-0.1, -0.05) is 0 Å². The lowest BCUT2D eigenvalue weighted by Gasteiger charge is -2.56. The predicted octanol–water partition coefficient (Wildman–Crippen LogP) is 2.70. The van der Waals surface area contributed by atoms with E-state index in [2.05, 4.69) is 15.5 Å². The van der Waals surface area contributed by atoms with Crippen molar-refractivity contribution < 1.29 is 9.72 Å². The number of carbonyl (C=O) groups excluding carboxylic acids is 1. The first-order valence-electron chi connectivity index (χ1n) is 9.47. The number of nitrogens with zero attached hydrogens (tertiary/aromatic N) is 5. The van der Waals surface area contributed by atoms with E-state index in [4.69, 9.17) is 0 Å². The van der Waals surface area contributed by atoms with Crippen molar-refractivity contribution in [2.45, 2.75) is 44.1 Å². The number of anilines is 1. The summed E-state index contributed by atoms with van der Waals surface area (Å²) >= 11 is 0. The molecular weight excluding hydrogens is 348 g/mol. The SMILES string of the molecule is Cn1ccc(NC(=O)c2nn(C34CC5CC(CC(C5)C3)C4)cc2[N+](=O)[O-])n1. The van der Waals surface area contributed by atoms with Crippen LogP contribution in [0.5, 0.6) is 0 Å². The second-order valence-corrected chi connectivity index (χ2v) is 8.54. The van der Waals surface area contributed by atoms with Crippen molar-refractivity contribution in [3.05, 3.63) is 34.3 Å². The highest BCUT2D eigenvalue weighted by atomic mass is 16.6. The molecule has 0 saturated heterocycles. The molecule has 0 aliphatic heterocycles.